The number of nitrogens with zero attached hydrogens (tertiary/aromatic N) is 1. The molecule has 5 heteroatoms. The van der Waals surface area contributed by atoms with Crippen molar-refractivity contribution < 1.29 is 4.79 Å². The Bertz CT molecular complexity index is 488. The summed E-state index contributed by atoms with van der Waals surface area (Å²) in [5, 5.41) is 3.33. The molecule has 1 fully saturated rings. The number of hydrogen-bond acceptors (Lipinski definition) is 3. The molecule has 1 saturated carbocycles. The number of aromatic nitrogens is 1. The maximum atomic E-state index is 12.2. The molecule has 1 aliphatic carbocycles. The van der Waals surface area contributed by atoms with E-state index < -0.39 is 0 Å². The topological polar surface area (TPSA) is 68.0 Å². The van der Waals surface area contributed by atoms with Crippen molar-refractivity contribution in [2.75, 3.05) is 5.73 Å². The van der Waals surface area contributed by atoms with Crippen LogP contribution in [0.4, 0.5) is 5.69 Å². The SMILES string of the molecule is CC1(C)CCCC(NC(=O)c2cc(Cl)ncc2N)C1. The van der Waals surface area contributed by atoms with E-state index in [2.05, 4.69) is 24.1 Å². The highest BCUT2D eigenvalue weighted by molar-refractivity contribution is 6.29. The minimum atomic E-state index is -0.162. The summed E-state index contributed by atoms with van der Waals surface area (Å²) in [7, 11) is 0. The second-order valence-electron chi connectivity index (χ2n) is 6.03. The molecule has 1 aromatic heterocycles. The Hall–Kier alpha value is -1.29. The van der Waals surface area contributed by atoms with Gasteiger partial charge in [0.15, 0.2) is 0 Å². The summed E-state index contributed by atoms with van der Waals surface area (Å²) < 4.78 is 0. The molecule has 0 spiro atoms. The summed E-state index contributed by atoms with van der Waals surface area (Å²) in [6.07, 6.45) is 5.79. The molecular weight excluding hydrogens is 262 g/mol. The second-order valence-corrected chi connectivity index (χ2v) is 6.41. The van der Waals surface area contributed by atoms with E-state index in [0.29, 0.717) is 11.3 Å². The van der Waals surface area contributed by atoms with Gasteiger partial charge in [0.05, 0.1) is 17.4 Å². The van der Waals surface area contributed by atoms with Gasteiger partial charge < -0.3 is 11.1 Å². The molecule has 1 unspecified atom stereocenters. The summed E-state index contributed by atoms with van der Waals surface area (Å²) in [6.45, 7) is 4.48. The van der Waals surface area contributed by atoms with E-state index >= 15 is 0 Å². The van der Waals surface area contributed by atoms with Crippen LogP contribution in [-0.2, 0) is 0 Å². The van der Waals surface area contributed by atoms with E-state index in [1.54, 1.807) is 0 Å². The molecule has 0 radical (unpaired) electrons. The van der Waals surface area contributed by atoms with Crippen LogP contribution >= 0.6 is 11.6 Å². The van der Waals surface area contributed by atoms with Crippen LogP contribution in [0.5, 0.6) is 0 Å². The van der Waals surface area contributed by atoms with Crippen LogP contribution in [0, 0.1) is 5.41 Å². The predicted molar refractivity (Wildman–Crippen MR) is 77.2 cm³/mol. The van der Waals surface area contributed by atoms with Crippen molar-refractivity contribution in [1.29, 1.82) is 0 Å². The summed E-state index contributed by atoms with van der Waals surface area (Å²) >= 11 is 5.80. The summed E-state index contributed by atoms with van der Waals surface area (Å²) in [6, 6.07) is 1.72. The van der Waals surface area contributed by atoms with Gasteiger partial charge >= 0.3 is 0 Å². The van der Waals surface area contributed by atoms with Crippen LogP contribution in [-0.4, -0.2) is 16.9 Å². The molecule has 0 bridgehead atoms. The Morgan fingerprint density at radius 1 is 1.58 bits per heavy atom. The standard InChI is InChI=1S/C14H20ClN3O/c1-14(2)5-3-4-9(7-14)18-13(19)10-6-12(15)17-8-11(10)16/h6,8-9H,3-5,7,16H2,1-2H3,(H,18,19). The molecule has 0 aliphatic heterocycles. The first kappa shape index (κ1) is 14.1. The van der Waals surface area contributed by atoms with E-state index in [1.807, 2.05) is 0 Å². The lowest BCUT2D eigenvalue weighted by molar-refractivity contribution is 0.0903. The quantitative estimate of drug-likeness (QED) is 0.819. The van der Waals surface area contributed by atoms with Gasteiger partial charge in [0.25, 0.3) is 5.91 Å². The fourth-order valence-corrected chi connectivity index (χ4v) is 2.88. The van der Waals surface area contributed by atoms with Gasteiger partial charge in [0.1, 0.15) is 5.15 Å². The Balaban J connectivity index is 2.06. The number of rotatable bonds is 2. The first-order chi connectivity index (χ1) is 8.87. The fourth-order valence-electron chi connectivity index (χ4n) is 2.72. The number of amides is 1. The number of anilines is 1. The highest BCUT2D eigenvalue weighted by Gasteiger charge is 2.29. The first-order valence-electron chi connectivity index (χ1n) is 6.59. The number of nitrogens with two attached hydrogens (primary N) is 1. The molecule has 1 heterocycles. The number of nitrogen functional groups attached to an aromatic ring is 1. The molecule has 3 N–H and O–H groups in total. The van der Waals surface area contributed by atoms with Crippen molar-refractivity contribution in [3.8, 4) is 0 Å². The van der Waals surface area contributed by atoms with Crippen LogP contribution in [0.1, 0.15) is 49.9 Å². The van der Waals surface area contributed by atoms with Crippen LogP contribution in [0.3, 0.4) is 0 Å². The minimum Gasteiger partial charge on any atom is -0.397 e. The fraction of sp³-hybridized carbons (Fsp3) is 0.571. The number of pyridine rings is 1. The molecule has 4 nitrogen and oxygen atoms in total. The molecule has 2 rings (SSSR count). The van der Waals surface area contributed by atoms with E-state index in [4.69, 9.17) is 17.3 Å². The number of halogens is 1. The largest absolute Gasteiger partial charge is 0.397 e. The zero-order chi connectivity index (χ0) is 14.0. The monoisotopic (exact) mass is 281 g/mol. The van der Waals surface area contributed by atoms with E-state index in [9.17, 15) is 4.79 Å². The van der Waals surface area contributed by atoms with Gasteiger partial charge in [-0.2, -0.15) is 0 Å². The van der Waals surface area contributed by atoms with Crippen molar-refractivity contribution in [3.63, 3.8) is 0 Å². The molecule has 1 aromatic rings. The van der Waals surface area contributed by atoms with Crippen LogP contribution in [0.15, 0.2) is 12.3 Å². The first-order valence-corrected chi connectivity index (χ1v) is 6.97. The van der Waals surface area contributed by atoms with Crippen molar-refractivity contribution in [2.45, 2.75) is 45.6 Å². The molecule has 104 valence electrons. The lowest BCUT2D eigenvalue weighted by Crippen LogP contribution is -2.40. The maximum Gasteiger partial charge on any atom is 0.253 e. The lowest BCUT2D eigenvalue weighted by Gasteiger charge is -2.35. The van der Waals surface area contributed by atoms with E-state index in [0.717, 1.165) is 19.3 Å². The molecular formula is C14H20ClN3O. The normalized spacial score (nSPS) is 21.9. The molecule has 0 saturated heterocycles. The summed E-state index contributed by atoms with van der Waals surface area (Å²) in [5.41, 5.74) is 6.82. The maximum absolute atomic E-state index is 12.2. The van der Waals surface area contributed by atoms with Crippen molar-refractivity contribution >= 4 is 23.2 Å². The van der Waals surface area contributed by atoms with Gasteiger partial charge in [-0.05, 0) is 30.7 Å². The smallest absolute Gasteiger partial charge is 0.253 e. The molecule has 0 aromatic carbocycles. The zero-order valence-corrected chi connectivity index (χ0v) is 12.1. The molecule has 19 heavy (non-hydrogen) atoms. The second kappa shape index (κ2) is 5.37. The average Bonchev–Trinajstić information content (AvgIpc) is 2.31. The van der Waals surface area contributed by atoms with Gasteiger partial charge in [-0.1, -0.05) is 31.9 Å². The van der Waals surface area contributed by atoms with Crippen molar-refractivity contribution in [2.24, 2.45) is 5.41 Å². The molecule has 1 atom stereocenters. The van der Waals surface area contributed by atoms with Gasteiger partial charge in [0, 0.05) is 6.04 Å². The predicted octanol–water partition coefficient (Wildman–Crippen LogP) is 3.02. The summed E-state index contributed by atoms with van der Waals surface area (Å²) in [4.78, 5) is 16.1. The van der Waals surface area contributed by atoms with Gasteiger partial charge in [0.2, 0.25) is 0 Å². The Labute approximate surface area is 118 Å². The van der Waals surface area contributed by atoms with Gasteiger partial charge in [-0.25, -0.2) is 4.98 Å². The minimum absolute atomic E-state index is 0.162. The van der Waals surface area contributed by atoms with Gasteiger partial charge in [-0.15, -0.1) is 0 Å². The average molecular weight is 282 g/mol. The van der Waals surface area contributed by atoms with Crippen molar-refractivity contribution in [1.82, 2.24) is 10.3 Å². The Kier molecular flexibility index (Phi) is 3.99. The van der Waals surface area contributed by atoms with Crippen LogP contribution in [0.25, 0.3) is 0 Å². The zero-order valence-electron chi connectivity index (χ0n) is 11.4. The van der Waals surface area contributed by atoms with E-state index in [1.165, 1.54) is 18.7 Å². The number of carbonyl (C=O) groups is 1. The highest BCUT2D eigenvalue weighted by Crippen LogP contribution is 2.35. The highest BCUT2D eigenvalue weighted by atomic mass is 35.5. The van der Waals surface area contributed by atoms with E-state index in [-0.39, 0.29) is 22.5 Å². The Morgan fingerprint density at radius 3 is 3.00 bits per heavy atom. The third-order valence-electron chi connectivity index (χ3n) is 3.69. The van der Waals surface area contributed by atoms with Crippen molar-refractivity contribution in [3.05, 3.63) is 23.0 Å². The third kappa shape index (κ3) is 3.60. The van der Waals surface area contributed by atoms with Crippen LogP contribution < -0.4 is 11.1 Å². The lowest BCUT2D eigenvalue weighted by atomic mass is 9.75. The molecule has 1 amide bonds. The Morgan fingerprint density at radius 2 is 2.32 bits per heavy atom. The summed E-state index contributed by atoms with van der Waals surface area (Å²) in [5.74, 6) is -0.162. The number of carbonyl (C=O) groups excluding carboxylic acids is 1. The van der Waals surface area contributed by atoms with Crippen LogP contribution in [0.2, 0.25) is 5.15 Å². The van der Waals surface area contributed by atoms with Gasteiger partial charge in [-0.3, -0.25) is 4.79 Å². The number of hydrogen-bond donors (Lipinski definition) is 2. The molecule has 1 aliphatic rings. The third-order valence-corrected chi connectivity index (χ3v) is 3.89. The number of nitrogens with one attached hydrogen (secondary N) is 1.